The SMILES string of the molecule is O=C1[C@H]2C3c4cccc(Cl)c4C(O)(c4c(Cl)cccc43)[C@H]2C(=O)N1Cc1ccccc1. The number of carbonyl (C=O) groups excluding carboxylic acids is 2. The van der Waals surface area contributed by atoms with Crippen LogP contribution in [0, 0.1) is 11.8 Å². The predicted octanol–water partition coefficient (Wildman–Crippen LogP) is 4.49. The zero-order chi connectivity index (χ0) is 21.5. The van der Waals surface area contributed by atoms with Gasteiger partial charge in [-0.1, -0.05) is 77.8 Å². The third kappa shape index (κ3) is 2.30. The van der Waals surface area contributed by atoms with Crippen LogP contribution in [0.4, 0.5) is 0 Å². The lowest BCUT2D eigenvalue weighted by Crippen LogP contribution is -2.54. The maximum absolute atomic E-state index is 13.7. The lowest BCUT2D eigenvalue weighted by molar-refractivity contribution is -0.142. The summed E-state index contributed by atoms with van der Waals surface area (Å²) in [7, 11) is 0. The summed E-state index contributed by atoms with van der Waals surface area (Å²) in [5, 5.41) is 13.0. The largest absolute Gasteiger partial charge is 0.379 e. The number of amides is 2. The molecule has 0 saturated carbocycles. The van der Waals surface area contributed by atoms with E-state index in [1.54, 1.807) is 12.1 Å². The van der Waals surface area contributed by atoms with Gasteiger partial charge in [0.1, 0.15) is 5.60 Å². The van der Waals surface area contributed by atoms with Gasteiger partial charge >= 0.3 is 0 Å². The fourth-order valence-corrected chi connectivity index (χ4v) is 6.49. The van der Waals surface area contributed by atoms with Crippen molar-refractivity contribution >= 4 is 35.0 Å². The predicted molar refractivity (Wildman–Crippen MR) is 117 cm³/mol. The summed E-state index contributed by atoms with van der Waals surface area (Å²) in [6.45, 7) is 0.169. The molecule has 0 unspecified atom stereocenters. The van der Waals surface area contributed by atoms with Crippen molar-refractivity contribution in [2.24, 2.45) is 11.8 Å². The second-order valence-corrected chi connectivity index (χ2v) is 9.22. The van der Waals surface area contributed by atoms with Gasteiger partial charge in [-0.3, -0.25) is 14.5 Å². The van der Waals surface area contributed by atoms with E-state index in [0.29, 0.717) is 21.2 Å². The molecule has 1 heterocycles. The van der Waals surface area contributed by atoms with Gasteiger partial charge in [0.2, 0.25) is 11.8 Å². The van der Waals surface area contributed by atoms with E-state index in [-0.39, 0.29) is 18.4 Å². The Morgan fingerprint density at radius 1 is 0.806 bits per heavy atom. The second-order valence-electron chi connectivity index (χ2n) is 8.40. The molecule has 2 atom stereocenters. The number of halogens is 2. The Balaban J connectivity index is 1.59. The van der Waals surface area contributed by atoms with E-state index in [1.807, 2.05) is 54.6 Å². The Morgan fingerprint density at radius 3 is 1.97 bits per heavy atom. The minimum Gasteiger partial charge on any atom is -0.379 e. The number of rotatable bonds is 2. The molecule has 0 spiro atoms. The summed E-state index contributed by atoms with van der Waals surface area (Å²) in [4.78, 5) is 28.5. The average Bonchev–Trinajstić information content (AvgIpc) is 3.01. The highest BCUT2D eigenvalue weighted by atomic mass is 35.5. The van der Waals surface area contributed by atoms with E-state index < -0.39 is 23.4 Å². The zero-order valence-electron chi connectivity index (χ0n) is 16.3. The monoisotopic (exact) mass is 449 g/mol. The molecule has 2 amide bonds. The van der Waals surface area contributed by atoms with Gasteiger partial charge in [0.05, 0.1) is 18.4 Å². The number of hydrogen-bond acceptors (Lipinski definition) is 3. The van der Waals surface area contributed by atoms with Gasteiger partial charge in [0.15, 0.2) is 0 Å². The first-order valence-corrected chi connectivity index (χ1v) is 10.9. The maximum Gasteiger partial charge on any atom is 0.237 e. The van der Waals surface area contributed by atoms with Crippen LogP contribution in [0.5, 0.6) is 0 Å². The second kappa shape index (κ2) is 6.42. The number of imide groups is 1. The maximum atomic E-state index is 13.7. The molecule has 4 nitrogen and oxygen atoms in total. The van der Waals surface area contributed by atoms with Crippen molar-refractivity contribution in [3.63, 3.8) is 0 Å². The van der Waals surface area contributed by atoms with Crippen LogP contribution in [0.15, 0.2) is 66.7 Å². The number of likely N-dealkylation sites (tertiary alicyclic amines) is 1. The van der Waals surface area contributed by atoms with Gasteiger partial charge in [-0.15, -0.1) is 0 Å². The molecule has 3 aromatic carbocycles. The third-order valence-corrected chi connectivity index (χ3v) is 7.59. The van der Waals surface area contributed by atoms with Gasteiger partial charge < -0.3 is 5.11 Å². The topological polar surface area (TPSA) is 57.6 Å². The molecule has 7 rings (SSSR count). The summed E-state index contributed by atoms with van der Waals surface area (Å²) in [6, 6.07) is 20.2. The van der Waals surface area contributed by atoms with E-state index in [1.165, 1.54) is 4.90 Å². The minimum absolute atomic E-state index is 0.169. The molecule has 1 aliphatic heterocycles. The molecule has 3 aromatic rings. The van der Waals surface area contributed by atoms with E-state index in [9.17, 15) is 14.7 Å². The van der Waals surface area contributed by atoms with Crippen LogP contribution in [0.3, 0.4) is 0 Å². The first-order chi connectivity index (χ1) is 14.9. The number of nitrogens with zero attached hydrogens (tertiary/aromatic N) is 1. The highest BCUT2D eigenvalue weighted by Gasteiger charge is 2.68. The summed E-state index contributed by atoms with van der Waals surface area (Å²) in [5.41, 5.74) is 1.65. The van der Waals surface area contributed by atoms with Crippen molar-refractivity contribution in [1.29, 1.82) is 0 Å². The van der Waals surface area contributed by atoms with Crippen molar-refractivity contribution < 1.29 is 14.7 Å². The fourth-order valence-electron chi connectivity index (χ4n) is 5.84. The van der Waals surface area contributed by atoms with Gasteiger partial charge in [0.25, 0.3) is 0 Å². The van der Waals surface area contributed by atoms with Gasteiger partial charge in [-0.2, -0.15) is 0 Å². The summed E-state index contributed by atoms with van der Waals surface area (Å²) in [5.74, 6) is -2.70. The van der Waals surface area contributed by atoms with Crippen LogP contribution in [0.1, 0.15) is 33.7 Å². The molecule has 3 aliphatic carbocycles. The van der Waals surface area contributed by atoms with Gasteiger partial charge in [-0.25, -0.2) is 0 Å². The van der Waals surface area contributed by atoms with Crippen molar-refractivity contribution in [2.75, 3.05) is 0 Å². The molecule has 2 bridgehead atoms. The third-order valence-electron chi connectivity index (χ3n) is 6.96. The summed E-state index contributed by atoms with van der Waals surface area (Å²) < 4.78 is 0. The lowest BCUT2D eigenvalue weighted by Gasteiger charge is -2.51. The molecule has 1 saturated heterocycles. The molecule has 6 heteroatoms. The lowest BCUT2D eigenvalue weighted by atomic mass is 9.52. The normalized spacial score (nSPS) is 27.8. The Morgan fingerprint density at radius 2 is 1.39 bits per heavy atom. The van der Waals surface area contributed by atoms with E-state index in [4.69, 9.17) is 23.2 Å². The Kier molecular flexibility index (Phi) is 3.95. The first kappa shape index (κ1) is 19.1. The molecule has 0 radical (unpaired) electrons. The molecule has 1 N–H and O–H groups in total. The first-order valence-electron chi connectivity index (χ1n) is 10.1. The highest BCUT2D eigenvalue weighted by Crippen LogP contribution is 2.65. The van der Waals surface area contributed by atoms with Crippen molar-refractivity contribution in [3.05, 3.63) is 105 Å². The number of hydrogen-bond donors (Lipinski definition) is 1. The average molecular weight is 450 g/mol. The molecule has 0 aromatic heterocycles. The van der Waals surface area contributed by atoms with Crippen LogP contribution in [-0.2, 0) is 21.7 Å². The number of carbonyl (C=O) groups is 2. The highest BCUT2D eigenvalue weighted by molar-refractivity contribution is 6.33. The molecule has 31 heavy (non-hydrogen) atoms. The van der Waals surface area contributed by atoms with Crippen molar-refractivity contribution in [3.8, 4) is 0 Å². The smallest absolute Gasteiger partial charge is 0.237 e. The van der Waals surface area contributed by atoms with Crippen LogP contribution in [0.2, 0.25) is 10.0 Å². The molecular formula is C25H17Cl2NO3. The van der Waals surface area contributed by atoms with Crippen LogP contribution < -0.4 is 0 Å². The Labute approximate surface area is 189 Å². The van der Waals surface area contributed by atoms with Gasteiger partial charge in [-0.05, 0) is 28.8 Å². The van der Waals surface area contributed by atoms with E-state index >= 15 is 0 Å². The van der Waals surface area contributed by atoms with E-state index in [0.717, 1.165) is 16.7 Å². The van der Waals surface area contributed by atoms with Gasteiger partial charge in [0, 0.05) is 27.1 Å². The van der Waals surface area contributed by atoms with Crippen LogP contribution in [-0.4, -0.2) is 21.8 Å². The van der Waals surface area contributed by atoms with Crippen molar-refractivity contribution in [1.82, 2.24) is 4.90 Å². The number of benzene rings is 3. The summed E-state index contributed by atoms with van der Waals surface area (Å²) >= 11 is 13.1. The molecular weight excluding hydrogens is 433 g/mol. The van der Waals surface area contributed by atoms with E-state index in [2.05, 4.69) is 0 Å². The minimum atomic E-state index is -1.76. The Bertz CT molecular complexity index is 1220. The standard InChI is InChI=1S/C25H17Cl2NO3/c26-16-10-4-8-14-18-15-9-5-11-17(27)21(15)25(31,20(14)16)22-19(18)23(29)28(24(22)30)12-13-6-2-1-3-7-13/h1-11,18-19,22,31H,12H2/t18?,19-,22+,25?/m0/s1. The number of aliphatic hydroxyl groups is 1. The Hall–Kier alpha value is -2.66. The summed E-state index contributed by atoms with van der Waals surface area (Å²) in [6.07, 6.45) is 0. The molecule has 1 fully saturated rings. The van der Waals surface area contributed by atoms with Crippen LogP contribution in [0.25, 0.3) is 0 Å². The van der Waals surface area contributed by atoms with Crippen molar-refractivity contribution in [2.45, 2.75) is 18.1 Å². The van der Waals surface area contributed by atoms with Crippen LogP contribution >= 0.6 is 23.2 Å². The zero-order valence-corrected chi connectivity index (χ0v) is 17.8. The molecule has 4 aliphatic rings. The molecule has 154 valence electrons. The quantitative estimate of drug-likeness (QED) is 0.586. The fraction of sp³-hybridized carbons (Fsp3) is 0.200.